The van der Waals surface area contributed by atoms with Gasteiger partial charge < -0.3 is 24.7 Å². The number of methoxy groups -OCH3 is 2. The average molecular weight is 401 g/mol. The first-order chi connectivity index (χ1) is 14.0. The zero-order chi connectivity index (χ0) is 20.7. The summed E-state index contributed by atoms with van der Waals surface area (Å²) in [5, 5.41) is 15.3. The van der Waals surface area contributed by atoms with E-state index in [1.165, 1.54) is 12.8 Å². The number of aromatic nitrogens is 3. The minimum Gasteiger partial charge on any atom is -0.497 e. The smallest absolute Gasteiger partial charge is 0.191 e. The van der Waals surface area contributed by atoms with Gasteiger partial charge in [-0.1, -0.05) is 12.1 Å². The number of nitrogens with one attached hydrogen (secondary N) is 2. The van der Waals surface area contributed by atoms with Gasteiger partial charge in [0, 0.05) is 27.3 Å². The van der Waals surface area contributed by atoms with Crippen LogP contribution in [0.15, 0.2) is 29.3 Å². The molecule has 158 valence electrons. The average Bonchev–Trinajstić information content (AvgIpc) is 3.46. The Kier molecular flexibility index (Phi) is 7.09. The molecule has 1 aromatic heterocycles. The zero-order valence-electron chi connectivity index (χ0n) is 17.9. The summed E-state index contributed by atoms with van der Waals surface area (Å²) in [7, 11) is 5.40. The van der Waals surface area contributed by atoms with Crippen molar-refractivity contribution in [1.82, 2.24) is 25.4 Å². The van der Waals surface area contributed by atoms with Gasteiger partial charge in [-0.3, -0.25) is 0 Å². The number of aliphatic imine (C=N–C) groups is 1. The van der Waals surface area contributed by atoms with E-state index in [9.17, 15) is 0 Å². The van der Waals surface area contributed by atoms with Crippen LogP contribution in [0.3, 0.4) is 0 Å². The predicted octanol–water partition coefficient (Wildman–Crippen LogP) is 2.18. The quantitative estimate of drug-likeness (QED) is 0.470. The molecule has 8 nitrogen and oxygen atoms in total. The van der Waals surface area contributed by atoms with Crippen LogP contribution in [0.1, 0.15) is 36.5 Å². The Morgan fingerprint density at radius 3 is 2.52 bits per heavy atom. The largest absolute Gasteiger partial charge is 0.497 e. The van der Waals surface area contributed by atoms with Crippen LogP contribution in [0.2, 0.25) is 0 Å². The molecule has 0 amide bonds. The van der Waals surface area contributed by atoms with E-state index in [0.717, 1.165) is 48.5 Å². The summed E-state index contributed by atoms with van der Waals surface area (Å²) >= 11 is 0. The highest BCUT2D eigenvalue weighted by molar-refractivity contribution is 5.79. The molecular formula is C21H32N6O2. The van der Waals surface area contributed by atoms with Crippen molar-refractivity contribution in [2.45, 2.75) is 39.3 Å². The maximum atomic E-state index is 5.27. The topological polar surface area (TPSA) is 85.6 Å². The second kappa shape index (κ2) is 9.73. The highest BCUT2D eigenvalue weighted by Crippen LogP contribution is 2.48. The first-order valence-electron chi connectivity index (χ1n) is 10.0. The lowest BCUT2D eigenvalue weighted by Crippen LogP contribution is -2.40. The Labute approximate surface area is 172 Å². The minimum absolute atomic E-state index is 0.333. The van der Waals surface area contributed by atoms with E-state index >= 15 is 0 Å². The number of ether oxygens (including phenoxy) is 2. The molecule has 1 aliphatic carbocycles. The molecular weight excluding hydrogens is 368 g/mol. The number of benzene rings is 1. The van der Waals surface area contributed by atoms with Crippen molar-refractivity contribution in [3.8, 4) is 5.75 Å². The molecule has 0 spiro atoms. The van der Waals surface area contributed by atoms with Gasteiger partial charge in [0.25, 0.3) is 0 Å². The van der Waals surface area contributed by atoms with E-state index in [1.807, 2.05) is 42.8 Å². The lowest BCUT2D eigenvalue weighted by Gasteiger charge is -2.18. The fraction of sp³-hybridized carbons (Fsp3) is 0.571. The molecule has 0 bridgehead atoms. The SMILES string of the molecule is COCCC1(CNC(=NCc2ccc(OC)cc2)NCc2nnc(C)n2C)CC1. The second-order valence-electron chi connectivity index (χ2n) is 7.69. The Bertz CT molecular complexity index is 811. The standard InChI is InChI=1S/C21H32N6O2/c1-16-25-26-19(27(16)2)14-23-20(24-15-21(9-10-21)11-12-28-3)22-13-17-5-7-18(29-4)8-6-17/h5-8H,9-15H2,1-4H3,(H2,22,23,24). The van der Waals surface area contributed by atoms with Gasteiger partial charge in [-0.25, -0.2) is 4.99 Å². The monoisotopic (exact) mass is 400 g/mol. The van der Waals surface area contributed by atoms with E-state index in [0.29, 0.717) is 18.5 Å². The van der Waals surface area contributed by atoms with E-state index in [-0.39, 0.29) is 0 Å². The molecule has 3 rings (SSSR count). The first-order valence-corrected chi connectivity index (χ1v) is 10.0. The summed E-state index contributed by atoms with van der Waals surface area (Å²) in [6.45, 7) is 4.79. The highest BCUT2D eigenvalue weighted by atomic mass is 16.5. The lowest BCUT2D eigenvalue weighted by atomic mass is 10.0. The number of rotatable bonds is 10. The molecule has 0 radical (unpaired) electrons. The van der Waals surface area contributed by atoms with Crippen LogP contribution in [0.25, 0.3) is 0 Å². The molecule has 1 saturated carbocycles. The number of nitrogens with zero attached hydrogens (tertiary/aromatic N) is 4. The van der Waals surface area contributed by atoms with Gasteiger partial charge in [-0.05, 0) is 49.3 Å². The van der Waals surface area contributed by atoms with Gasteiger partial charge in [-0.15, -0.1) is 10.2 Å². The fourth-order valence-electron chi connectivity index (χ4n) is 3.13. The van der Waals surface area contributed by atoms with E-state index in [1.54, 1.807) is 14.2 Å². The maximum Gasteiger partial charge on any atom is 0.191 e. The van der Waals surface area contributed by atoms with E-state index < -0.39 is 0 Å². The summed E-state index contributed by atoms with van der Waals surface area (Å²) in [5.74, 6) is 3.40. The second-order valence-corrected chi connectivity index (χ2v) is 7.69. The number of hydrogen-bond donors (Lipinski definition) is 2. The Morgan fingerprint density at radius 2 is 1.93 bits per heavy atom. The molecule has 1 aliphatic rings. The molecule has 1 heterocycles. The third kappa shape index (κ3) is 5.93. The molecule has 0 atom stereocenters. The molecule has 0 aliphatic heterocycles. The number of hydrogen-bond acceptors (Lipinski definition) is 5. The van der Waals surface area contributed by atoms with Crippen LogP contribution in [-0.4, -0.2) is 48.1 Å². The maximum absolute atomic E-state index is 5.27. The van der Waals surface area contributed by atoms with Crippen molar-refractivity contribution in [2.75, 3.05) is 27.4 Å². The summed E-state index contributed by atoms with van der Waals surface area (Å²) in [6.07, 6.45) is 3.54. The molecule has 0 unspecified atom stereocenters. The van der Waals surface area contributed by atoms with Crippen molar-refractivity contribution in [1.29, 1.82) is 0 Å². The molecule has 2 aromatic rings. The molecule has 1 aromatic carbocycles. The van der Waals surface area contributed by atoms with Gasteiger partial charge in [0.1, 0.15) is 11.6 Å². The van der Waals surface area contributed by atoms with E-state index in [2.05, 4.69) is 20.8 Å². The predicted molar refractivity (Wildman–Crippen MR) is 113 cm³/mol. The Balaban J connectivity index is 1.63. The molecule has 8 heteroatoms. The third-order valence-corrected chi connectivity index (χ3v) is 5.60. The van der Waals surface area contributed by atoms with Crippen molar-refractivity contribution < 1.29 is 9.47 Å². The van der Waals surface area contributed by atoms with Gasteiger partial charge in [0.2, 0.25) is 0 Å². The van der Waals surface area contributed by atoms with Crippen LogP contribution >= 0.6 is 0 Å². The van der Waals surface area contributed by atoms with Crippen molar-refractivity contribution in [3.63, 3.8) is 0 Å². The Morgan fingerprint density at radius 1 is 1.17 bits per heavy atom. The number of aryl methyl sites for hydroxylation is 1. The van der Waals surface area contributed by atoms with Gasteiger partial charge in [0.15, 0.2) is 11.8 Å². The molecule has 29 heavy (non-hydrogen) atoms. The van der Waals surface area contributed by atoms with Crippen LogP contribution < -0.4 is 15.4 Å². The summed E-state index contributed by atoms with van der Waals surface area (Å²) in [6, 6.07) is 7.98. The first kappa shape index (κ1) is 21.1. The fourth-order valence-corrected chi connectivity index (χ4v) is 3.13. The lowest BCUT2D eigenvalue weighted by molar-refractivity contribution is 0.172. The van der Waals surface area contributed by atoms with Crippen LogP contribution in [0, 0.1) is 12.3 Å². The summed E-state index contributed by atoms with van der Waals surface area (Å²) in [5.41, 5.74) is 1.46. The highest BCUT2D eigenvalue weighted by Gasteiger charge is 2.41. The number of guanidine groups is 1. The molecule has 0 saturated heterocycles. The van der Waals surface area contributed by atoms with Crippen molar-refractivity contribution in [3.05, 3.63) is 41.5 Å². The summed E-state index contributed by atoms with van der Waals surface area (Å²) < 4.78 is 12.5. The third-order valence-electron chi connectivity index (χ3n) is 5.60. The minimum atomic E-state index is 0.333. The van der Waals surface area contributed by atoms with Gasteiger partial charge in [0.05, 0.1) is 20.2 Å². The van der Waals surface area contributed by atoms with E-state index in [4.69, 9.17) is 14.5 Å². The van der Waals surface area contributed by atoms with Gasteiger partial charge in [-0.2, -0.15) is 0 Å². The van der Waals surface area contributed by atoms with Gasteiger partial charge >= 0.3 is 0 Å². The van der Waals surface area contributed by atoms with Crippen molar-refractivity contribution >= 4 is 5.96 Å². The molecule has 1 fully saturated rings. The van der Waals surface area contributed by atoms with Crippen LogP contribution in [0.4, 0.5) is 0 Å². The van der Waals surface area contributed by atoms with Crippen molar-refractivity contribution in [2.24, 2.45) is 17.5 Å². The Hall–Kier alpha value is -2.61. The zero-order valence-corrected chi connectivity index (χ0v) is 17.9. The normalized spacial score (nSPS) is 15.2. The summed E-state index contributed by atoms with van der Waals surface area (Å²) in [4.78, 5) is 4.78. The van der Waals surface area contributed by atoms with Crippen LogP contribution in [-0.2, 0) is 24.9 Å². The van der Waals surface area contributed by atoms with Crippen LogP contribution in [0.5, 0.6) is 5.75 Å². The molecule has 2 N–H and O–H groups in total.